The van der Waals surface area contributed by atoms with Crippen LogP contribution in [0.25, 0.3) is 0 Å². The molecule has 1 spiro atoms. The molecule has 7 nitrogen and oxygen atoms in total. The predicted octanol–water partition coefficient (Wildman–Crippen LogP) is -0.0279. The van der Waals surface area contributed by atoms with Crippen LogP contribution in [0.15, 0.2) is 12.1 Å². The third kappa shape index (κ3) is 2.18. The van der Waals surface area contributed by atoms with E-state index in [0.717, 1.165) is 36.4 Å². The van der Waals surface area contributed by atoms with Gasteiger partial charge in [-0.1, -0.05) is 0 Å². The fourth-order valence-electron chi connectivity index (χ4n) is 4.31. The lowest BCUT2D eigenvalue weighted by atomic mass is 9.75. The summed E-state index contributed by atoms with van der Waals surface area (Å²) in [5.41, 5.74) is 2.89. The molecule has 7 heteroatoms. The van der Waals surface area contributed by atoms with Gasteiger partial charge in [0.05, 0.1) is 6.61 Å². The highest BCUT2D eigenvalue weighted by atomic mass is 16.5. The Morgan fingerprint density at radius 3 is 2.72 bits per heavy atom. The lowest BCUT2D eigenvalue weighted by molar-refractivity contribution is -0.136. The van der Waals surface area contributed by atoms with Gasteiger partial charge >= 0.3 is 0 Å². The molecule has 25 heavy (non-hydrogen) atoms. The van der Waals surface area contributed by atoms with Crippen molar-refractivity contribution < 1.29 is 19.1 Å². The van der Waals surface area contributed by atoms with Crippen LogP contribution in [-0.4, -0.2) is 48.4 Å². The molecule has 130 valence electrons. The van der Waals surface area contributed by atoms with Gasteiger partial charge in [-0.3, -0.25) is 19.7 Å². The molecule has 1 aromatic rings. The van der Waals surface area contributed by atoms with E-state index in [1.165, 1.54) is 0 Å². The molecule has 0 saturated carbocycles. The number of fused-ring (bicyclic) bond motifs is 2. The van der Waals surface area contributed by atoms with Crippen molar-refractivity contribution in [3.63, 3.8) is 0 Å². The second-order valence-electron chi connectivity index (χ2n) is 7.59. The Kier molecular flexibility index (Phi) is 3.01. The number of carbonyl (C=O) groups excluding carboxylic acids is 3. The SMILES string of the molecule is O=C1CC[C@H](N2Cc3cc4c(cc3C2=O)OCC2(CNC2)C4)C(=O)N1. The van der Waals surface area contributed by atoms with Crippen LogP contribution in [0.2, 0.25) is 0 Å². The molecule has 3 amide bonds. The van der Waals surface area contributed by atoms with Crippen LogP contribution in [0, 0.1) is 5.41 Å². The molecular formula is C18H19N3O4. The Morgan fingerprint density at radius 1 is 1.16 bits per heavy atom. The maximum atomic E-state index is 12.8. The molecule has 0 bridgehead atoms. The van der Waals surface area contributed by atoms with Gasteiger partial charge in [-0.15, -0.1) is 0 Å². The second-order valence-corrected chi connectivity index (χ2v) is 7.59. The van der Waals surface area contributed by atoms with Gasteiger partial charge in [0.15, 0.2) is 0 Å². The number of benzene rings is 1. The van der Waals surface area contributed by atoms with Crippen LogP contribution >= 0.6 is 0 Å². The van der Waals surface area contributed by atoms with Crippen molar-refractivity contribution >= 4 is 17.7 Å². The molecule has 4 heterocycles. The van der Waals surface area contributed by atoms with E-state index >= 15 is 0 Å². The summed E-state index contributed by atoms with van der Waals surface area (Å²) in [6.07, 6.45) is 1.61. The number of ether oxygens (including phenoxy) is 1. The minimum absolute atomic E-state index is 0.151. The van der Waals surface area contributed by atoms with Crippen molar-refractivity contribution in [2.75, 3.05) is 19.7 Å². The molecule has 2 N–H and O–H groups in total. The van der Waals surface area contributed by atoms with Gasteiger partial charge in [0.25, 0.3) is 5.91 Å². The van der Waals surface area contributed by atoms with Crippen LogP contribution in [0.5, 0.6) is 5.75 Å². The molecule has 0 radical (unpaired) electrons. The molecule has 5 rings (SSSR count). The van der Waals surface area contributed by atoms with Gasteiger partial charge < -0.3 is 15.0 Å². The summed E-state index contributed by atoms with van der Waals surface area (Å²) >= 11 is 0. The highest BCUT2D eigenvalue weighted by Crippen LogP contribution is 2.40. The van der Waals surface area contributed by atoms with E-state index in [4.69, 9.17) is 4.74 Å². The number of hydrogen-bond donors (Lipinski definition) is 2. The maximum Gasteiger partial charge on any atom is 0.255 e. The van der Waals surface area contributed by atoms with E-state index in [1.54, 1.807) is 4.90 Å². The summed E-state index contributed by atoms with van der Waals surface area (Å²) in [6, 6.07) is 3.32. The summed E-state index contributed by atoms with van der Waals surface area (Å²) in [4.78, 5) is 37.8. The van der Waals surface area contributed by atoms with Crippen molar-refractivity contribution in [1.82, 2.24) is 15.5 Å². The molecule has 2 saturated heterocycles. The average molecular weight is 341 g/mol. The Morgan fingerprint density at radius 2 is 2.00 bits per heavy atom. The van der Waals surface area contributed by atoms with E-state index in [0.29, 0.717) is 25.1 Å². The summed E-state index contributed by atoms with van der Waals surface area (Å²) < 4.78 is 5.94. The van der Waals surface area contributed by atoms with Gasteiger partial charge in [0.2, 0.25) is 11.8 Å². The molecule has 4 aliphatic heterocycles. The van der Waals surface area contributed by atoms with Crippen LogP contribution in [0.4, 0.5) is 0 Å². The minimum Gasteiger partial charge on any atom is -0.493 e. The first-order valence-corrected chi connectivity index (χ1v) is 8.69. The van der Waals surface area contributed by atoms with Crippen molar-refractivity contribution in [1.29, 1.82) is 0 Å². The Balaban J connectivity index is 1.43. The van der Waals surface area contributed by atoms with Crippen LogP contribution in [0.3, 0.4) is 0 Å². The number of hydrogen-bond acceptors (Lipinski definition) is 5. The highest BCUT2D eigenvalue weighted by molar-refractivity contribution is 6.05. The molecule has 0 aromatic heterocycles. The summed E-state index contributed by atoms with van der Waals surface area (Å²) in [7, 11) is 0. The van der Waals surface area contributed by atoms with Crippen molar-refractivity contribution in [3.05, 3.63) is 28.8 Å². The molecule has 0 aliphatic carbocycles. The van der Waals surface area contributed by atoms with Crippen LogP contribution in [0.1, 0.15) is 34.3 Å². The van der Waals surface area contributed by atoms with E-state index in [2.05, 4.69) is 16.7 Å². The van der Waals surface area contributed by atoms with Gasteiger partial charge in [0.1, 0.15) is 11.8 Å². The normalized spacial score (nSPS) is 26.6. The first-order chi connectivity index (χ1) is 12.0. The number of nitrogens with zero attached hydrogens (tertiary/aromatic N) is 1. The molecule has 4 aliphatic rings. The number of amides is 3. The van der Waals surface area contributed by atoms with Crippen LogP contribution in [-0.2, 0) is 22.6 Å². The van der Waals surface area contributed by atoms with E-state index in [9.17, 15) is 14.4 Å². The zero-order chi connectivity index (χ0) is 17.2. The third-order valence-electron chi connectivity index (χ3n) is 5.80. The quantitative estimate of drug-likeness (QED) is 0.701. The fourth-order valence-corrected chi connectivity index (χ4v) is 4.31. The second kappa shape index (κ2) is 5.05. The molecule has 1 aromatic carbocycles. The first-order valence-electron chi connectivity index (χ1n) is 8.69. The zero-order valence-corrected chi connectivity index (χ0v) is 13.8. The highest BCUT2D eigenvalue weighted by Gasteiger charge is 2.43. The van der Waals surface area contributed by atoms with Gasteiger partial charge in [0, 0.05) is 37.0 Å². The van der Waals surface area contributed by atoms with Crippen molar-refractivity contribution in [2.45, 2.75) is 31.8 Å². The van der Waals surface area contributed by atoms with E-state index in [1.807, 2.05) is 6.07 Å². The third-order valence-corrected chi connectivity index (χ3v) is 5.80. The van der Waals surface area contributed by atoms with Crippen molar-refractivity contribution in [2.24, 2.45) is 5.41 Å². The number of nitrogens with one attached hydrogen (secondary N) is 2. The Hall–Kier alpha value is -2.41. The molecular weight excluding hydrogens is 322 g/mol. The average Bonchev–Trinajstić information content (AvgIpc) is 2.87. The Bertz CT molecular complexity index is 815. The van der Waals surface area contributed by atoms with Crippen molar-refractivity contribution in [3.8, 4) is 5.75 Å². The van der Waals surface area contributed by atoms with E-state index in [-0.39, 0.29) is 29.6 Å². The fraction of sp³-hybridized carbons (Fsp3) is 0.500. The molecule has 0 unspecified atom stereocenters. The summed E-state index contributed by atoms with van der Waals surface area (Å²) in [5.74, 6) is -0.0113. The largest absolute Gasteiger partial charge is 0.493 e. The number of rotatable bonds is 1. The summed E-state index contributed by atoms with van der Waals surface area (Å²) in [6.45, 7) is 3.02. The number of imide groups is 1. The minimum atomic E-state index is -0.572. The maximum absolute atomic E-state index is 12.8. The van der Waals surface area contributed by atoms with Gasteiger partial charge in [-0.05, 0) is 36.1 Å². The topological polar surface area (TPSA) is 87.7 Å². The zero-order valence-electron chi connectivity index (χ0n) is 13.8. The monoisotopic (exact) mass is 341 g/mol. The Labute approximate surface area is 144 Å². The van der Waals surface area contributed by atoms with Crippen LogP contribution < -0.4 is 15.4 Å². The van der Waals surface area contributed by atoms with Gasteiger partial charge in [-0.25, -0.2) is 0 Å². The summed E-state index contributed by atoms with van der Waals surface area (Å²) in [5, 5.41) is 5.64. The number of carbonyl (C=O) groups is 3. The predicted molar refractivity (Wildman–Crippen MR) is 87.0 cm³/mol. The number of piperidine rings is 1. The molecule has 1 atom stereocenters. The first kappa shape index (κ1) is 14.9. The molecule has 2 fully saturated rings. The lowest BCUT2D eigenvalue weighted by Crippen LogP contribution is -2.59. The smallest absolute Gasteiger partial charge is 0.255 e. The standard InChI is InChI=1S/C18H19N3O4/c22-15-2-1-13(16(23)20-15)21-6-11-3-10-5-18(7-19-8-18)9-25-14(10)4-12(11)17(21)24/h3-4,13,19H,1-2,5-9H2,(H,20,22,23)/t13-/m0/s1. The lowest BCUT2D eigenvalue weighted by Gasteiger charge is -2.45. The van der Waals surface area contributed by atoms with Gasteiger partial charge in [-0.2, -0.15) is 0 Å². The van der Waals surface area contributed by atoms with E-state index < -0.39 is 6.04 Å².